The molecule has 0 saturated carbocycles. The highest BCUT2D eigenvalue weighted by Gasteiger charge is 2.14. The highest BCUT2D eigenvalue weighted by Crippen LogP contribution is 2.31. The lowest BCUT2D eigenvalue weighted by Gasteiger charge is -2.07. The van der Waals surface area contributed by atoms with Crippen LogP contribution in [-0.2, 0) is 12.8 Å². The van der Waals surface area contributed by atoms with Crippen molar-refractivity contribution in [2.24, 2.45) is 0 Å². The van der Waals surface area contributed by atoms with Crippen molar-refractivity contribution >= 4 is 5.97 Å². The Morgan fingerprint density at radius 2 is 1.52 bits per heavy atom. The zero-order chi connectivity index (χ0) is 15.2. The first-order valence-corrected chi connectivity index (χ1v) is 6.90. The molecule has 4 nitrogen and oxygen atoms in total. The largest absolute Gasteiger partial charge is 0.504 e. The minimum Gasteiger partial charge on any atom is -0.504 e. The Kier molecular flexibility index (Phi) is 4.82. The SMILES string of the molecule is O=C(O)c1cc(CCCCc2ccccc2)cc(O)c1O. The predicted octanol–water partition coefficient (Wildman–Crippen LogP) is 3.36. The number of carboxylic acids is 1. The van der Waals surface area contributed by atoms with Crippen LogP contribution < -0.4 is 0 Å². The third-order valence-electron chi connectivity index (χ3n) is 3.40. The molecule has 0 atom stereocenters. The molecule has 4 heteroatoms. The zero-order valence-electron chi connectivity index (χ0n) is 11.6. The smallest absolute Gasteiger partial charge is 0.339 e. The number of aromatic carboxylic acids is 1. The van der Waals surface area contributed by atoms with Crippen molar-refractivity contribution in [1.82, 2.24) is 0 Å². The Balaban J connectivity index is 1.93. The summed E-state index contributed by atoms with van der Waals surface area (Å²) in [4.78, 5) is 11.0. The number of aryl methyl sites for hydroxylation is 2. The van der Waals surface area contributed by atoms with Gasteiger partial charge in [0.05, 0.1) is 0 Å². The monoisotopic (exact) mass is 286 g/mol. The van der Waals surface area contributed by atoms with Gasteiger partial charge in [-0.25, -0.2) is 4.79 Å². The number of phenolic OH excluding ortho intramolecular Hbond substituents is 1. The van der Waals surface area contributed by atoms with E-state index in [4.69, 9.17) is 5.11 Å². The van der Waals surface area contributed by atoms with Crippen molar-refractivity contribution < 1.29 is 20.1 Å². The van der Waals surface area contributed by atoms with E-state index in [9.17, 15) is 15.0 Å². The molecule has 0 unspecified atom stereocenters. The lowest BCUT2D eigenvalue weighted by Crippen LogP contribution is -1.99. The van der Waals surface area contributed by atoms with E-state index in [1.54, 1.807) is 0 Å². The minimum atomic E-state index is -1.24. The minimum absolute atomic E-state index is 0.256. The molecule has 0 heterocycles. The number of unbranched alkanes of at least 4 members (excludes halogenated alkanes) is 1. The molecule has 0 aliphatic rings. The van der Waals surface area contributed by atoms with E-state index < -0.39 is 11.7 Å². The van der Waals surface area contributed by atoms with Gasteiger partial charge in [0.25, 0.3) is 0 Å². The Hall–Kier alpha value is -2.49. The molecule has 0 saturated heterocycles. The fourth-order valence-electron chi connectivity index (χ4n) is 2.29. The quantitative estimate of drug-likeness (QED) is 0.562. The normalized spacial score (nSPS) is 10.5. The van der Waals surface area contributed by atoms with Gasteiger partial charge in [0.2, 0.25) is 0 Å². The molecule has 0 radical (unpaired) electrons. The van der Waals surface area contributed by atoms with Gasteiger partial charge >= 0.3 is 5.97 Å². The van der Waals surface area contributed by atoms with E-state index in [2.05, 4.69) is 12.1 Å². The number of hydrogen-bond donors (Lipinski definition) is 3. The summed E-state index contributed by atoms with van der Waals surface area (Å²) in [6, 6.07) is 13.0. The molecule has 21 heavy (non-hydrogen) atoms. The van der Waals surface area contributed by atoms with E-state index >= 15 is 0 Å². The van der Waals surface area contributed by atoms with Crippen molar-refractivity contribution in [2.75, 3.05) is 0 Å². The van der Waals surface area contributed by atoms with Crippen molar-refractivity contribution in [3.05, 3.63) is 59.2 Å². The summed E-state index contributed by atoms with van der Waals surface area (Å²) in [7, 11) is 0. The van der Waals surface area contributed by atoms with Crippen LogP contribution in [0.3, 0.4) is 0 Å². The summed E-state index contributed by atoms with van der Waals surface area (Å²) in [5.74, 6) is -2.20. The van der Waals surface area contributed by atoms with Gasteiger partial charge in [0, 0.05) is 0 Å². The summed E-state index contributed by atoms with van der Waals surface area (Å²) in [6.07, 6.45) is 3.50. The van der Waals surface area contributed by atoms with E-state index in [0.717, 1.165) is 24.8 Å². The summed E-state index contributed by atoms with van der Waals surface area (Å²) in [5, 5.41) is 28.0. The molecule has 2 rings (SSSR count). The molecule has 0 bridgehead atoms. The van der Waals surface area contributed by atoms with Gasteiger partial charge in [0.1, 0.15) is 5.56 Å². The standard InChI is InChI=1S/C17H18O4/c18-15-11-13(10-14(16(15)19)17(20)21)9-5-4-8-12-6-2-1-3-7-12/h1-3,6-7,10-11,18-19H,4-5,8-9H2,(H,20,21). The van der Waals surface area contributed by atoms with Crippen LogP contribution in [0, 0.1) is 0 Å². The van der Waals surface area contributed by atoms with Crippen LogP contribution in [0.5, 0.6) is 11.5 Å². The van der Waals surface area contributed by atoms with Crippen molar-refractivity contribution in [2.45, 2.75) is 25.7 Å². The van der Waals surface area contributed by atoms with E-state index in [-0.39, 0.29) is 11.3 Å². The topological polar surface area (TPSA) is 77.8 Å². The number of hydrogen-bond acceptors (Lipinski definition) is 3. The maximum absolute atomic E-state index is 11.0. The van der Waals surface area contributed by atoms with Gasteiger partial charge in [-0.2, -0.15) is 0 Å². The second kappa shape index (κ2) is 6.79. The molecule has 0 fully saturated rings. The molecule has 0 aliphatic carbocycles. The first-order chi connectivity index (χ1) is 10.1. The van der Waals surface area contributed by atoms with Crippen molar-refractivity contribution in [1.29, 1.82) is 0 Å². The molecule has 0 aliphatic heterocycles. The Bertz CT molecular complexity index is 620. The fraction of sp³-hybridized carbons (Fsp3) is 0.235. The van der Waals surface area contributed by atoms with Crippen LogP contribution in [0.2, 0.25) is 0 Å². The summed E-state index contributed by atoms with van der Waals surface area (Å²) in [5.41, 5.74) is 1.74. The highest BCUT2D eigenvalue weighted by molar-refractivity contribution is 5.92. The van der Waals surface area contributed by atoms with Crippen molar-refractivity contribution in [3.8, 4) is 11.5 Å². The zero-order valence-corrected chi connectivity index (χ0v) is 11.6. The molecule has 0 aromatic heterocycles. The average Bonchev–Trinajstić information content (AvgIpc) is 2.47. The van der Waals surface area contributed by atoms with Crippen LogP contribution >= 0.6 is 0 Å². The molecular formula is C17H18O4. The third kappa shape index (κ3) is 3.99. The summed E-state index contributed by atoms with van der Waals surface area (Å²) in [6.45, 7) is 0. The van der Waals surface area contributed by atoms with Crippen LogP contribution in [0.4, 0.5) is 0 Å². The van der Waals surface area contributed by atoms with Gasteiger partial charge in [-0.3, -0.25) is 0 Å². The maximum atomic E-state index is 11.0. The van der Waals surface area contributed by atoms with Gasteiger partial charge in [0.15, 0.2) is 11.5 Å². The highest BCUT2D eigenvalue weighted by atomic mass is 16.4. The lowest BCUT2D eigenvalue weighted by atomic mass is 10.0. The first-order valence-electron chi connectivity index (χ1n) is 6.90. The number of rotatable bonds is 6. The second-order valence-electron chi connectivity index (χ2n) is 5.01. The Labute approximate surface area is 123 Å². The Morgan fingerprint density at radius 1 is 0.905 bits per heavy atom. The number of carboxylic acid groups (broad SMARTS) is 1. The predicted molar refractivity (Wildman–Crippen MR) is 79.8 cm³/mol. The van der Waals surface area contributed by atoms with E-state index in [1.807, 2.05) is 18.2 Å². The number of aromatic hydroxyl groups is 2. The van der Waals surface area contributed by atoms with Crippen LogP contribution in [0.1, 0.15) is 34.3 Å². The molecule has 3 N–H and O–H groups in total. The summed E-state index contributed by atoms with van der Waals surface area (Å²) < 4.78 is 0. The first kappa shape index (κ1) is 14.9. The van der Waals surface area contributed by atoms with Crippen molar-refractivity contribution in [3.63, 3.8) is 0 Å². The number of carbonyl (C=O) groups is 1. The van der Waals surface area contributed by atoms with Gasteiger partial charge in [-0.15, -0.1) is 0 Å². The lowest BCUT2D eigenvalue weighted by molar-refractivity contribution is 0.0693. The molecule has 0 spiro atoms. The average molecular weight is 286 g/mol. The second-order valence-corrected chi connectivity index (χ2v) is 5.01. The molecular weight excluding hydrogens is 268 g/mol. The summed E-state index contributed by atoms with van der Waals surface area (Å²) >= 11 is 0. The molecule has 110 valence electrons. The molecule has 2 aromatic carbocycles. The van der Waals surface area contributed by atoms with E-state index in [0.29, 0.717) is 6.42 Å². The number of benzene rings is 2. The van der Waals surface area contributed by atoms with Gasteiger partial charge in [-0.05, 0) is 48.9 Å². The fourth-order valence-corrected chi connectivity index (χ4v) is 2.29. The van der Waals surface area contributed by atoms with Crippen LogP contribution in [0.15, 0.2) is 42.5 Å². The maximum Gasteiger partial charge on any atom is 0.339 e. The molecule has 0 amide bonds. The molecule has 2 aromatic rings. The van der Waals surface area contributed by atoms with Gasteiger partial charge in [-0.1, -0.05) is 30.3 Å². The number of phenols is 2. The van der Waals surface area contributed by atoms with Crippen LogP contribution in [-0.4, -0.2) is 21.3 Å². The van der Waals surface area contributed by atoms with Gasteiger partial charge < -0.3 is 15.3 Å². The van der Waals surface area contributed by atoms with Crippen LogP contribution in [0.25, 0.3) is 0 Å². The van der Waals surface area contributed by atoms with E-state index in [1.165, 1.54) is 17.7 Å². The Morgan fingerprint density at radius 3 is 2.14 bits per heavy atom. The third-order valence-corrected chi connectivity index (χ3v) is 3.40.